The second kappa shape index (κ2) is 6.00. The molecule has 0 aliphatic heterocycles. The van der Waals surface area contributed by atoms with Crippen LogP contribution in [-0.4, -0.2) is 11.8 Å². The third kappa shape index (κ3) is 3.13. The third-order valence-corrected chi connectivity index (χ3v) is 3.56. The Hall–Kier alpha value is -1.96. The predicted octanol–water partition coefficient (Wildman–Crippen LogP) is 2.78. The summed E-state index contributed by atoms with van der Waals surface area (Å²) in [5, 5.41) is 2.44. The SMILES string of the molecule is NC(=O)c1ccc(F)c(NC(=O)c2ccccc2I)c1. The lowest BCUT2D eigenvalue weighted by Gasteiger charge is -2.08. The van der Waals surface area contributed by atoms with Gasteiger partial charge in [0.25, 0.3) is 5.91 Å². The van der Waals surface area contributed by atoms with Crippen LogP contribution >= 0.6 is 22.6 Å². The van der Waals surface area contributed by atoms with Gasteiger partial charge in [-0.05, 0) is 52.9 Å². The zero-order chi connectivity index (χ0) is 14.7. The largest absolute Gasteiger partial charge is 0.366 e. The average molecular weight is 384 g/mol. The van der Waals surface area contributed by atoms with Crippen molar-refractivity contribution >= 4 is 40.1 Å². The van der Waals surface area contributed by atoms with E-state index in [2.05, 4.69) is 5.32 Å². The Labute approximate surface area is 128 Å². The van der Waals surface area contributed by atoms with E-state index in [1.807, 2.05) is 22.6 Å². The van der Waals surface area contributed by atoms with Gasteiger partial charge in [0.15, 0.2) is 0 Å². The van der Waals surface area contributed by atoms with Crippen LogP contribution in [0.4, 0.5) is 10.1 Å². The summed E-state index contributed by atoms with van der Waals surface area (Å²) in [7, 11) is 0. The fraction of sp³-hybridized carbons (Fsp3) is 0. The number of amides is 2. The highest BCUT2D eigenvalue weighted by molar-refractivity contribution is 14.1. The molecular weight excluding hydrogens is 374 g/mol. The number of hydrogen-bond donors (Lipinski definition) is 2. The highest BCUT2D eigenvalue weighted by Gasteiger charge is 2.13. The molecule has 0 spiro atoms. The molecule has 102 valence electrons. The molecule has 0 saturated carbocycles. The number of nitrogens with one attached hydrogen (secondary N) is 1. The van der Waals surface area contributed by atoms with Gasteiger partial charge in [0, 0.05) is 9.13 Å². The molecule has 0 bridgehead atoms. The zero-order valence-electron chi connectivity index (χ0n) is 10.2. The van der Waals surface area contributed by atoms with E-state index in [0.717, 1.165) is 9.64 Å². The summed E-state index contributed by atoms with van der Waals surface area (Å²) in [6.45, 7) is 0. The van der Waals surface area contributed by atoms with Crippen LogP contribution in [-0.2, 0) is 0 Å². The number of rotatable bonds is 3. The summed E-state index contributed by atoms with van der Waals surface area (Å²) in [6, 6.07) is 10.5. The van der Waals surface area contributed by atoms with E-state index in [-0.39, 0.29) is 11.3 Å². The van der Waals surface area contributed by atoms with Crippen LogP contribution in [0, 0.1) is 9.39 Å². The fourth-order valence-corrected chi connectivity index (χ4v) is 2.24. The predicted molar refractivity (Wildman–Crippen MR) is 82.0 cm³/mol. The Morgan fingerprint density at radius 1 is 1.15 bits per heavy atom. The van der Waals surface area contributed by atoms with Gasteiger partial charge in [0.05, 0.1) is 11.3 Å². The molecule has 2 aromatic carbocycles. The molecule has 2 rings (SSSR count). The van der Waals surface area contributed by atoms with Crippen molar-refractivity contribution in [2.45, 2.75) is 0 Å². The maximum Gasteiger partial charge on any atom is 0.256 e. The number of carbonyl (C=O) groups excluding carboxylic acids is 2. The standard InChI is InChI=1S/C14H10FIN2O2/c15-10-6-5-8(13(17)19)7-12(10)18-14(20)9-3-1-2-4-11(9)16/h1-7H,(H2,17,19)(H,18,20). The second-order valence-electron chi connectivity index (χ2n) is 3.99. The molecule has 0 aliphatic carbocycles. The maximum absolute atomic E-state index is 13.6. The van der Waals surface area contributed by atoms with Crippen molar-refractivity contribution in [2.24, 2.45) is 5.73 Å². The van der Waals surface area contributed by atoms with E-state index in [0.29, 0.717) is 5.56 Å². The van der Waals surface area contributed by atoms with E-state index < -0.39 is 17.6 Å². The summed E-state index contributed by atoms with van der Waals surface area (Å²) in [5.41, 5.74) is 5.60. The van der Waals surface area contributed by atoms with E-state index in [4.69, 9.17) is 5.73 Å². The first-order valence-electron chi connectivity index (χ1n) is 5.64. The molecule has 2 aromatic rings. The van der Waals surface area contributed by atoms with Crippen LogP contribution in [0.1, 0.15) is 20.7 Å². The van der Waals surface area contributed by atoms with E-state index in [1.165, 1.54) is 12.1 Å². The molecule has 0 aliphatic rings. The van der Waals surface area contributed by atoms with Gasteiger partial charge in [-0.1, -0.05) is 12.1 Å². The maximum atomic E-state index is 13.6. The molecule has 3 N–H and O–H groups in total. The molecule has 6 heteroatoms. The van der Waals surface area contributed by atoms with Crippen LogP contribution < -0.4 is 11.1 Å². The summed E-state index contributed by atoms with van der Waals surface area (Å²) in [6.07, 6.45) is 0. The topological polar surface area (TPSA) is 72.2 Å². The number of benzene rings is 2. The smallest absolute Gasteiger partial charge is 0.256 e. The molecule has 0 radical (unpaired) electrons. The molecule has 0 heterocycles. The van der Waals surface area contributed by atoms with Gasteiger partial charge in [-0.3, -0.25) is 9.59 Å². The quantitative estimate of drug-likeness (QED) is 0.799. The monoisotopic (exact) mass is 384 g/mol. The van der Waals surface area contributed by atoms with Gasteiger partial charge >= 0.3 is 0 Å². The fourth-order valence-electron chi connectivity index (χ4n) is 1.61. The molecule has 20 heavy (non-hydrogen) atoms. The lowest BCUT2D eigenvalue weighted by atomic mass is 10.1. The molecule has 0 atom stereocenters. The van der Waals surface area contributed by atoms with Gasteiger partial charge in [-0.25, -0.2) is 4.39 Å². The minimum atomic E-state index is -0.685. The van der Waals surface area contributed by atoms with Crippen molar-refractivity contribution in [3.8, 4) is 0 Å². The molecule has 0 saturated heterocycles. The molecular formula is C14H10FIN2O2. The Morgan fingerprint density at radius 3 is 2.50 bits per heavy atom. The Bertz CT molecular complexity index is 689. The van der Waals surface area contributed by atoms with Crippen LogP contribution in [0.25, 0.3) is 0 Å². The van der Waals surface area contributed by atoms with Crippen LogP contribution in [0.2, 0.25) is 0 Å². The molecule has 2 amide bonds. The van der Waals surface area contributed by atoms with Gasteiger partial charge in [0.1, 0.15) is 5.82 Å². The van der Waals surface area contributed by atoms with Crippen molar-refractivity contribution in [1.82, 2.24) is 0 Å². The van der Waals surface area contributed by atoms with Crippen LogP contribution in [0.15, 0.2) is 42.5 Å². The van der Waals surface area contributed by atoms with Crippen molar-refractivity contribution < 1.29 is 14.0 Å². The number of carbonyl (C=O) groups is 2. The molecule has 0 fully saturated rings. The van der Waals surface area contributed by atoms with E-state index >= 15 is 0 Å². The summed E-state index contributed by atoms with van der Waals surface area (Å²) < 4.78 is 14.4. The molecule has 0 aromatic heterocycles. The number of primary amides is 1. The molecule has 0 unspecified atom stereocenters. The van der Waals surface area contributed by atoms with Gasteiger partial charge in [-0.15, -0.1) is 0 Å². The number of nitrogens with two attached hydrogens (primary N) is 1. The zero-order valence-corrected chi connectivity index (χ0v) is 12.3. The summed E-state index contributed by atoms with van der Waals surface area (Å²) >= 11 is 2.02. The molecule has 4 nitrogen and oxygen atoms in total. The van der Waals surface area contributed by atoms with E-state index in [9.17, 15) is 14.0 Å². The Morgan fingerprint density at radius 2 is 1.85 bits per heavy atom. The van der Waals surface area contributed by atoms with Crippen molar-refractivity contribution in [3.63, 3.8) is 0 Å². The number of anilines is 1. The Kier molecular flexibility index (Phi) is 4.33. The van der Waals surface area contributed by atoms with Crippen molar-refractivity contribution in [1.29, 1.82) is 0 Å². The lowest BCUT2D eigenvalue weighted by molar-refractivity contribution is 0.0996. The minimum Gasteiger partial charge on any atom is -0.366 e. The summed E-state index contributed by atoms with van der Waals surface area (Å²) in [4.78, 5) is 23.1. The van der Waals surface area contributed by atoms with Gasteiger partial charge in [0.2, 0.25) is 5.91 Å². The first-order chi connectivity index (χ1) is 9.49. The minimum absolute atomic E-state index is 0.0778. The number of halogens is 2. The first-order valence-corrected chi connectivity index (χ1v) is 6.72. The van der Waals surface area contributed by atoms with E-state index in [1.54, 1.807) is 24.3 Å². The number of hydrogen-bond acceptors (Lipinski definition) is 2. The summed E-state index contributed by atoms with van der Waals surface area (Å²) in [5.74, 6) is -1.76. The van der Waals surface area contributed by atoms with Gasteiger partial charge < -0.3 is 11.1 Å². The average Bonchev–Trinajstić information content (AvgIpc) is 2.41. The van der Waals surface area contributed by atoms with Crippen molar-refractivity contribution in [3.05, 3.63) is 63.0 Å². The van der Waals surface area contributed by atoms with Crippen LogP contribution in [0.3, 0.4) is 0 Å². The highest BCUT2D eigenvalue weighted by Crippen LogP contribution is 2.19. The second-order valence-corrected chi connectivity index (χ2v) is 5.16. The van der Waals surface area contributed by atoms with Crippen molar-refractivity contribution in [2.75, 3.05) is 5.32 Å². The first kappa shape index (κ1) is 14.4. The lowest BCUT2D eigenvalue weighted by Crippen LogP contribution is -2.16. The Balaban J connectivity index is 2.30. The third-order valence-electron chi connectivity index (χ3n) is 2.62. The normalized spacial score (nSPS) is 10.1. The van der Waals surface area contributed by atoms with Gasteiger partial charge in [-0.2, -0.15) is 0 Å². The highest BCUT2D eigenvalue weighted by atomic mass is 127. The van der Waals surface area contributed by atoms with Crippen LogP contribution in [0.5, 0.6) is 0 Å².